The Morgan fingerprint density at radius 2 is 1.12 bits per heavy atom. The van der Waals surface area contributed by atoms with E-state index in [1.807, 2.05) is 27.6 Å². The zero-order valence-electron chi connectivity index (χ0n) is 34.1. The molecule has 0 aliphatic heterocycles. The number of nitrogens with one attached hydrogen (secondary N) is 4. The van der Waals surface area contributed by atoms with E-state index in [4.69, 9.17) is 0 Å². The summed E-state index contributed by atoms with van der Waals surface area (Å²) in [6, 6.07) is 5.45. The van der Waals surface area contributed by atoms with Crippen molar-refractivity contribution in [3.8, 4) is 5.75 Å². The van der Waals surface area contributed by atoms with Crippen LogP contribution in [0.3, 0.4) is 0 Å². The molecule has 2 aromatic rings. The first-order chi connectivity index (χ1) is 26.9. The number of hydrogen-bond acceptors (Lipinski definition) is 10. The lowest BCUT2D eigenvalue weighted by molar-refractivity contribution is -0.166. The van der Waals surface area contributed by atoms with E-state index in [1.54, 1.807) is 6.07 Å². The fourth-order valence-electron chi connectivity index (χ4n) is 5.52. The van der Waals surface area contributed by atoms with Gasteiger partial charge in [0.25, 0.3) is 0 Å². The molecule has 6 amide bonds. The summed E-state index contributed by atoms with van der Waals surface area (Å²) in [5, 5.41) is 49.4. The molecule has 17 nitrogen and oxygen atoms in total. The highest BCUT2D eigenvalue weighted by Crippen LogP contribution is 2.28. The number of hydroxylamine groups is 6. The molecule has 0 saturated heterocycles. The minimum atomic E-state index is -0.558. The second kappa shape index (κ2) is 28.1. The lowest BCUT2D eigenvalue weighted by Gasteiger charge is -2.17. The monoisotopic (exact) mass is 823 g/mol. The Bertz CT molecular complexity index is 1550. The van der Waals surface area contributed by atoms with Crippen molar-refractivity contribution in [2.24, 2.45) is 5.41 Å². The van der Waals surface area contributed by atoms with Crippen LogP contribution in [0.4, 0.5) is 4.79 Å². The number of fused-ring (bicyclic) bond motifs is 1. The van der Waals surface area contributed by atoms with Crippen molar-refractivity contribution < 1.29 is 49.5 Å². The number of phenols is 1. The molecule has 0 aliphatic carbocycles. The summed E-state index contributed by atoms with van der Waals surface area (Å²) < 4.78 is 0. The largest absolute Gasteiger partial charge is 0.508 e. The van der Waals surface area contributed by atoms with Crippen molar-refractivity contribution in [1.82, 2.24) is 36.1 Å². The molecule has 0 saturated carbocycles. The highest BCUT2D eigenvalue weighted by atomic mass is 31.0. The summed E-state index contributed by atoms with van der Waals surface area (Å²) in [5.41, 5.74) is 2.44. The van der Waals surface area contributed by atoms with Gasteiger partial charge in [-0.15, -0.1) is 0 Å². The number of benzene rings is 1. The van der Waals surface area contributed by atoms with Gasteiger partial charge in [0.2, 0.25) is 35.2 Å². The van der Waals surface area contributed by atoms with E-state index >= 15 is 0 Å². The highest BCUT2D eigenvalue weighted by Gasteiger charge is 2.16. The molecule has 0 radical (unpaired) electrons. The number of unbranched alkanes of at least 4 members (excludes halogenated alkanes) is 6. The minimum Gasteiger partial charge on any atom is -0.508 e. The Morgan fingerprint density at radius 1 is 0.667 bits per heavy atom. The summed E-state index contributed by atoms with van der Waals surface area (Å²) in [4.78, 5) is 72.6. The van der Waals surface area contributed by atoms with Crippen LogP contribution in [0, 0.1) is 5.41 Å². The molecular weight excluding hydrogens is 757 g/mol. The van der Waals surface area contributed by atoms with E-state index in [0.717, 1.165) is 30.2 Å². The van der Waals surface area contributed by atoms with Gasteiger partial charge >= 0.3 is 0 Å². The Balaban J connectivity index is 0.000000888. The van der Waals surface area contributed by atoms with Crippen LogP contribution in [0.5, 0.6) is 5.75 Å². The van der Waals surface area contributed by atoms with Gasteiger partial charge < -0.3 is 26.0 Å². The Morgan fingerprint density at radius 3 is 1.56 bits per heavy atom. The van der Waals surface area contributed by atoms with Gasteiger partial charge in [-0.2, -0.15) is 0 Å². The van der Waals surface area contributed by atoms with Crippen LogP contribution in [0.15, 0.2) is 24.4 Å². The van der Waals surface area contributed by atoms with Gasteiger partial charge in [-0.1, -0.05) is 20.8 Å². The Kier molecular flexibility index (Phi) is 25.0. The zero-order chi connectivity index (χ0) is 42.8. The molecular formula is C39H66N7O10P. The molecule has 0 aliphatic rings. The molecule has 1 aromatic heterocycles. The van der Waals surface area contributed by atoms with Crippen molar-refractivity contribution in [2.45, 2.75) is 118 Å². The first-order valence-electron chi connectivity index (χ1n) is 19.7. The van der Waals surface area contributed by atoms with Gasteiger partial charge in [0.15, 0.2) is 0 Å². The number of amides is 6. The number of H-pyrrole nitrogens is 1. The molecule has 322 valence electrons. The predicted octanol–water partition coefficient (Wildman–Crippen LogP) is 5.01. The highest BCUT2D eigenvalue weighted by molar-refractivity contribution is 7.39. The SMILES string of the molecule is CC(=O)N(O)CCCCCNC(=O)CCC(=O)N(O)CCCCCNC(=O)CCC(=O)N(O)CCCCCNC(=O)P.CC(C)(C)Cc1c[nH]c2ccc(O)cc12. The third-order valence-electron chi connectivity index (χ3n) is 8.63. The summed E-state index contributed by atoms with van der Waals surface area (Å²) in [6.45, 7) is 9.72. The standard InChI is InChI=1S/C26H49N6O9P.C13H17NO/c1-21(33)30(39)18-8-2-5-15-27-22(34)11-13-24(36)31(40)19-9-3-6-16-28-23(35)12-14-25(37)32(41)20-10-4-7-17-29-26(38)42;1-13(2,3)7-9-8-14-12-5-4-10(15)6-11(9)12/h39-41H,2-20,42H2,1H3,(H,27,34)(H,28,35)(H,29,38);4-6,8,14-15H,7H2,1-3H3. The van der Waals surface area contributed by atoms with Crippen LogP contribution in [-0.2, 0) is 30.4 Å². The maximum atomic E-state index is 12.0. The van der Waals surface area contributed by atoms with Crippen LogP contribution < -0.4 is 16.0 Å². The van der Waals surface area contributed by atoms with Gasteiger partial charge in [0.1, 0.15) is 5.75 Å². The lowest BCUT2D eigenvalue weighted by Crippen LogP contribution is -2.31. The van der Waals surface area contributed by atoms with Crippen LogP contribution in [0.25, 0.3) is 10.9 Å². The molecule has 57 heavy (non-hydrogen) atoms. The maximum absolute atomic E-state index is 12.0. The zero-order valence-corrected chi connectivity index (χ0v) is 35.3. The number of aromatic hydroxyl groups is 1. The molecule has 0 spiro atoms. The fourth-order valence-corrected chi connectivity index (χ4v) is 5.67. The fraction of sp³-hybridized carbons (Fsp3) is 0.641. The van der Waals surface area contributed by atoms with Gasteiger partial charge in [-0.05, 0) is 103 Å². The van der Waals surface area contributed by atoms with E-state index in [9.17, 15) is 49.5 Å². The second-order valence-corrected chi connectivity index (χ2v) is 15.7. The number of hydrogen-bond donors (Lipinski definition) is 8. The van der Waals surface area contributed by atoms with E-state index in [0.29, 0.717) is 85.5 Å². The van der Waals surface area contributed by atoms with Crippen molar-refractivity contribution in [1.29, 1.82) is 0 Å². The maximum Gasteiger partial charge on any atom is 0.246 e. The summed E-state index contributed by atoms with van der Waals surface area (Å²) in [6.07, 6.45) is 8.47. The molecule has 1 atom stereocenters. The van der Waals surface area contributed by atoms with E-state index in [2.05, 4.69) is 41.7 Å². The van der Waals surface area contributed by atoms with Crippen molar-refractivity contribution >= 4 is 55.3 Å². The molecule has 2 rings (SSSR count). The Labute approximate surface area is 338 Å². The summed E-state index contributed by atoms with van der Waals surface area (Å²) in [7, 11) is 2.02. The van der Waals surface area contributed by atoms with Crippen LogP contribution in [0.2, 0.25) is 0 Å². The average Bonchev–Trinajstić information content (AvgIpc) is 3.53. The van der Waals surface area contributed by atoms with Crippen molar-refractivity contribution in [3.63, 3.8) is 0 Å². The number of nitrogens with zero attached hydrogens (tertiary/aromatic N) is 3. The van der Waals surface area contributed by atoms with Gasteiger partial charge in [0.05, 0.1) is 0 Å². The van der Waals surface area contributed by atoms with Gasteiger partial charge in [0, 0.05) is 89.0 Å². The summed E-state index contributed by atoms with van der Waals surface area (Å²) >= 11 is 0. The van der Waals surface area contributed by atoms with Gasteiger partial charge in [-0.25, -0.2) is 15.2 Å². The first-order valence-corrected chi connectivity index (χ1v) is 20.3. The predicted molar refractivity (Wildman–Crippen MR) is 218 cm³/mol. The average molecular weight is 824 g/mol. The van der Waals surface area contributed by atoms with E-state index in [-0.39, 0.29) is 68.2 Å². The van der Waals surface area contributed by atoms with Crippen LogP contribution in [-0.4, -0.2) is 115 Å². The third kappa shape index (κ3) is 24.8. The number of phenolic OH excluding ortho intramolecular Hbond substituents is 1. The Hall–Kier alpha value is -4.31. The molecule has 8 N–H and O–H groups in total. The minimum absolute atomic E-state index is 0.0491. The lowest BCUT2D eigenvalue weighted by atomic mass is 9.88. The van der Waals surface area contributed by atoms with E-state index in [1.165, 1.54) is 12.5 Å². The molecule has 1 aromatic carbocycles. The topological polar surface area (TPSA) is 245 Å². The van der Waals surface area contributed by atoms with Crippen LogP contribution >= 0.6 is 9.24 Å². The van der Waals surface area contributed by atoms with E-state index < -0.39 is 17.7 Å². The third-order valence-corrected chi connectivity index (χ3v) is 8.83. The number of rotatable bonds is 25. The molecule has 1 heterocycles. The number of carbonyl (C=O) groups excluding carboxylic acids is 6. The molecule has 0 bridgehead atoms. The number of aromatic nitrogens is 1. The molecule has 18 heteroatoms. The van der Waals surface area contributed by atoms with Crippen LogP contribution in [0.1, 0.15) is 117 Å². The first kappa shape index (κ1) is 50.7. The number of aromatic amines is 1. The second-order valence-electron chi connectivity index (χ2n) is 15.1. The summed E-state index contributed by atoms with van der Waals surface area (Å²) in [5.74, 6) is -1.80. The molecule has 1 unspecified atom stereocenters. The smallest absolute Gasteiger partial charge is 0.246 e. The normalized spacial score (nSPS) is 10.9. The van der Waals surface area contributed by atoms with Crippen molar-refractivity contribution in [2.75, 3.05) is 39.3 Å². The van der Waals surface area contributed by atoms with Gasteiger partial charge in [-0.3, -0.25) is 44.4 Å². The number of carbonyl (C=O) groups is 6. The molecule has 0 fully saturated rings. The quantitative estimate of drug-likeness (QED) is 0.0288. The van der Waals surface area contributed by atoms with Crippen molar-refractivity contribution in [3.05, 3.63) is 30.0 Å².